The van der Waals surface area contributed by atoms with Gasteiger partial charge in [0.15, 0.2) is 0 Å². The molecule has 0 unspecified atom stereocenters. The van der Waals surface area contributed by atoms with E-state index in [2.05, 4.69) is 0 Å². The van der Waals surface area contributed by atoms with Gasteiger partial charge in [-0.15, -0.1) is 0 Å². The molecular weight excluding hydrogens is 222 g/mol. The summed E-state index contributed by atoms with van der Waals surface area (Å²) in [6.45, 7) is 7.12. The van der Waals surface area contributed by atoms with E-state index in [1.807, 2.05) is 13.8 Å². The van der Waals surface area contributed by atoms with Crippen LogP contribution in [0.15, 0.2) is 12.2 Å². The van der Waals surface area contributed by atoms with Crippen LogP contribution in [0.2, 0.25) is 0 Å². The molecule has 1 aliphatic rings. The molecule has 0 aliphatic carbocycles. The molecule has 94 valence electrons. The normalized spacial score (nSPS) is 15.9. The van der Waals surface area contributed by atoms with E-state index in [9.17, 15) is 14.4 Å². The molecule has 0 spiro atoms. The summed E-state index contributed by atoms with van der Waals surface area (Å²) in [4.78, 5) is 34.9. The van der Waals surface area contributed by atoms with Crippen LogP contribution in [-0.4, -0.2) is 34.8 Å². The Bertz CT molecular complexity index is 364. The lowest BCUT2D eigenvalue weighted by atomic mass is 9.95. The third kappa shape index (κ3) is 3.15. The molecule has 0 aromatic carbocycles. The van der Waals surface area contributed by atoms with E-state index in [0.717, 1.165) is 17.1 Å². The summed E-state index contributed by atoms with van der Waals surface area (Å²) < 4.78 is 5.25. The number of hydrogen-bond acceptors (Lipinski definition) is 4. The zero-order valence-corrected chi connectivity index (χ0v) is 10.5. The molecule has 0 bridgehead atoms. The Kier molecular flexibility index (Phi) is 3.70. The number of amides is 2. The van der Waals surface area contributed by atoms with Gasteiger partial charge in [-0.05, 0) is 19.8 Å². The molecule has 1 rings (SSSR count). The molecule has 0 fully saturated rings. The SMILES string of the molecule is CC(C)C(C)(C)OC(=O)CN1C(=O)C=CC1=O. The molecule has 5 heteroatoms. The fourth-order valence-corrected chi connectivity index (χ4v) is 1.16. The molecule has 0 atom stereocenters. The van der Waals surface area contributed by atoms with Gasteiger partial charge in [0, 0.05) is 12.2 Å². The van der Waals surface area contributed by atoms with Crippen LogP contribution in [0.4, 0.5) is 0 Å². The third-order valence-electron chi connectivity index (χ3n) is 2.96. The predicted octanol–water partition coefficient (Wildman–Crippen LogP) is 0.889. The van der Waals surface area contributed by atoms with Crippen LogP contribution in [0.3, 0.4) is 0 Å². The Morgan fingerprint density at radius 2 is 1.76 bits per heavy atom. The van der Waals surface area contributed by atoms with Crippen LogP contribution < -0.4 is 0 Å². The number of ether oxygens (including phenoxy) is 1. The molecule has 0 N–H and O–H groups in total. The van der Waals surface area contributed by atoms with Gasteiger partial charge in [0.1, 0.15) is 12.1 Å². The quantitative estimate of drug-likeness (QED) is 0.540. The van der Waals surface area contributed by atoms with Gasteiger partial charge < -0.3 is 4.74 Å². The highest BCUT2D eigenvalue weighted by Crippen LogP contribution is 2.20. The average Bonchev–Trinajstić information content (AvgIpc) is 2.48. The zero-order valence-electron chi connectivity index (χ0n) is 10.5. The Morgan fingerprint density at radius 3 is 2.18 bits per heavy atom. The van der Waals surface area contributed by atoms with Crippen molar-refractivity contribution < 1.29 is 19.1 Å². The molecule has 5 nitrogen and oxygen atoms in total. The van der Waals surface area contributed by atoms with Crippen molar-refractivity contribution in [2.45, 2.75) is 33.3 Å². The van der Waals surface area contributed by atoms with Crippen molar-refractivity contribution >= 4 is 17.8 Å². The maximum absolute atomic E-state index is 11.6. The summed E-state index contributed by atoms with van der Waals surface area (Å²) in [6, 6.07) is 0. The Hall–Kier alpha value is -1.65. The average molecular weight is 239 g/mol. The summed E-state index contributed by atoms with van der Waals surface area (Å²) in [5.74, 6) is -1.38. The molecular formula is C12H17NO4. The van der Waals surface area contributed by atoms with Crippen molar-refractivity contribution in [3.63, 3.8) is 0 Å². The van der Waals surface area contributed by atoms with Crippen LogP contribution >= 0.6 is 0 Å². The highest BCUT2D eigenvalue weighted by molar-refractivity contribution is 6.14. The fourth-order valence-electron chi connectivity index (χ4n) is 1.16. The Morgan fingerprint density at radius 1 is 1.29 bits per heavy atom. The molecule has 17 heavy (non-hydrogen) atoms. The van der Waals surface area contributed by atoms with E-state index in [1.165, 1.54) is 0 Å². The van der Waals surface area contributed by atoms with Gasteiger partial charge in [-0.3, -0.25) is 19.3 Å². The van der Waals surface area contributed by atoms with E-state index >= 15 is 0 Å². The maximum atomic E-state index is 11.6. The van der Waals surface area contributed by atoms with Gasteiger partial charge in [-0.25, -0.2) is 0 Å². The first-order chi connectivity index (χ1) is 7.74. The Labute approximate surface area is 100 Å². The largest absolute Gasteiger partial charge is 0.458 e. The molecule has 2 amide bonds. The molecule has 0 aromatic heterocycles. The minimum atomic E-state index is -0.615. The van der Waals surface area contributed by atoms with Crippen molar-refractivity contribution in [2.75, 3.05) is 6.54 Å². The molecule has 0 saturated heterocycles. The first-order valence-electron chi connectivity index (χ1n) is 5.49. The van der Waals surface area contributed by atoms with Gasteiger partial charge in [0.05, 0.1) is 0 Å². The second kappa shape index (κ2) is 4.69. The van der Waals surface area contributed by atoms with Crippen LogP contribution in [0, 0.1) is 5.92 Å². The molecule has 1 heterocycles. The van der Waals surface area contributed by atoms with Crippen LogP contribution in [0.1, 0.15) is 27.7 Å². The lowest BCUT2D eigenvalue weighted by Gasteiger charge is -2.29. The fraction of sp³-hybridized carbons (Fsp3) is 0.583. The predicted molar refractivity (Wildman–Crippen MR) is 60.9 cm³/mol. The number of nitrogens with zero attached hydrogens (tertiary/aromatic N) is 1. The minimum Gasteiger partial charge on any atom is -0.458 e. The van der Waals surface area contributed by atoms with Gasteiger partial charge in [0.2, 0.25) is 0 Å². The van der Waals surface area contributed by atoms with Crippen LogP contribution in [0.5, 0.6) is 0 Å². The summed E-state index contributed by atoms with van der Waals surface area (Å²) in [5.41, 5.74) is -0.615. The monoisotopic (exact) mass is 239 g/mol. The number of esters is 1. The first kappa shape index (κ1) is 13.4. The smallest absolute Gasteiger partial charge is 0.326 e. The second-order valence-corrected chi connectivity index (χ2v) is 4.83. The van der Waals surface area contributed by atoms with Gasteiger partial charge in [-0.1, -0.05) is 13.8 Å². The van der Waals surface area contributed by atoms with Gasteiger partial charge in [0.25, 0.3) is 11.8 Å². The lowest BCUT2D eigenvalue weighted by Crippen LogP contribution is -2.41. The van der Waals surface area contributed by atoms with E-state index < -0.39 is 23.4 Å². The van der Waals surface area contributed by atoms with Crippen LogP contribution in [-0.2, 0) is 19.1 Å². The topological polar surface area (TPSA) is 63.7 Å². The molecule has 0 radical (unpaired) electrons. The molecule has 0 saturated carbocycles. The lowest BCUT2D eigenvalue weighted by molar-refractivity contribution is -0.164. The number of carbonyl (C=O) groups excluding carboxylic acids is 3. The van der Waals surface area contributed by atoms with E-state index in [4.69, 9.17) is 4.74 Å². The third-order valence-corrected chi connectivity index (χ3v) is 2.96. The van der Waals surface area contributed by atoms with Gasteiger partial charge in [-0.2, -0.15) is 0 Å². The summed E-state index contributed by atoms with van der Waals surface area (Å²) in [6.07, 6.45) is 2.28. The second-order valence-electron chi connectivity index (χ2n) is 4.83. The zero-order chi connectivity index (χ0) is 13.2. The first-order valence-corrected chi connectivity index (χ1v) is 5.49. The van der Waals surface area contributed by atoms with Gasteiger partial charge >= 0.3 is 5.97 Å². The summed E-state index contributed by atoms with van der Waals surface area (Å²) in [5, 5.41) is 0. The van der Waals surface area contributed by atoms with Crippen molar-refractivity contribution in [3.8, 4) is 0 Å². The van der Waals surface area contributed by atoms with E-state index in [0.29, 0.717) is 0 Å². The highest BCUT2D eigenvalue weighted by Gasteiger charge is 2.31. The maximum Gasteiger partial charge on any atom is 0.326 e. The number of carbonyl (C=O) groups is 3. The van der Waals surface area contributed by atoms with E-state index in [1.54, 1.807) is 13.8 Å². The van der Waals surface area contributed by atoms with Crippen molar-refractivity contribution in [1.82, 2.24) is 4.90 Å². The minimum absolute atomic E-state index is 0.148. The summed E-state index contributed by atoms with van der Waals surface area (Å²) in [7, 11) is 0. The molecule has 1 aliphatic heterocycles. The van der Waals surface area contributed by atoms with Crippen molar-refractivity contribution in [1.29, 1.82) is 0 Å². The Balaban J connectivity index is 2.57. The summed E-state index contributed by atoms with van der Waals surface area (Å²) >= 11 is 0. The van der Waals surface area contributed by atoms with Crippen molar-refractivity contribution in [2.24, 2.45) is 5.92 Å². The number of imide groups is 1. The van der Waals surface area contributed by atoms with Crippen molar-refractivity contribution in [3.05, 3.63) is 12.2 Å². The van der Waals surface area contributed by atoms with E-state index in [-0.39, 0.29) is 12.5 Å². The standard InChI is InChI=1S/C12H17NO4/c1-8(2)12(3,4)17-11(16)7-13-9(14)5-6-10(13)15/h5-6,8H,7H2,1-4H3. The highest BCUT2D eigenvalue weighted by atomic mass is 16.6. The number of rotatable bonds is 4. The number of hydrogen-bond donors (Lipinski definition) is 0. The molecule has 0 aromatic rings. The van der Waals surface area contributed by atoms with Crippen LogP contribution in [0.25, 0.3) is 0 Å².